The standard InChI is InChI=1S/C19H14F3N3O2/c1-2-18(13-6-4-3-5-7-13)16(26)25(17(27)24-18)14-9-8-12(11-23)15(10-14)19(20,21)22/h3-10H,2H2,1H3,(H,24,27). The van der Waals surface area contributed by atoms with E-state index in [1.807, 2.05) is 0 Å². The van der Waals surface area contributed by atoms with Crippen LogP contribution >= 0.6 is 0 Å². The maximum Gasteiger partial charge on any atom is 0.417 e. The van der Waals surface area contributed by atoms with Gasteiger partial charge in [0.15, 0.2) is 0 Å². The number of hydrogen-bond donors (Lipinski definition) is 1. The summed E-state index contributed by atoms with van der Waals surface area (Å²) in [6, 6.07) is 11.9. The largest absolute Gasteiger partial charge is 0.417 e. The number of alkyl halides is 3. The molecule has 1 unspecified atom stereocenters. The summed E-state index contributed by atoms with van der Waals surface area (Å²) in [5.74, 6) is -0.668. The lowest BCUT2D eigenvalue weighted by atomic mass is 9.87. The van der Waals surface area contributed by atoms with E-state index in [0.29, 0.717) is 16.5 Å². The summed E-state index contributed by atoms with van der Waals surface area (Å²) in [7, 11) is 0. The molecule has 1 N–H and O–H groups in total. The molecule has 138 valence electrons. The van der Waals surface area contributed by atoms with Gasteiger partial charge in [-0.3, -0.25) is 4.79 Å². The molecule has 3 amide bonds. The van der Waals surface area contributed by atoms with Gasteiger partial charge in [0.05, 0.1) is 22.9 Å². The first-order valence-corrected chi connectivity index (χ1v) is 8.08. The van der Waals surface area contributed by atoms with Crippen molar-refractivity contribution in [3.05, 3.63) is 65.2 Å². The van der Waals surface area contributed by atoms with Gasteiger partial charge in [-0.15, -0.1) is 0 Å². The summed E-state index contributed by atoms with van der Waals surface area (Å²) in [5.41, 5.74) is -2.84. The summed E-state index contributed by atoms with van der Waals surface area (Å²) in [6.45, 7) is 1.70. The predicted octanol–water partition coefficient (Wildman–Crippen LogP) is 3.94. The highest BCUT2D eigenvalue weighted by molar-refractivity contribution is 6.23. The Hall–Kier alpha value is -3.34. The average Bonchev–Trinajstić information content (AvgIpc) is 2.92. The third-order valence-electron chi connectivity index (χ3n) is 4.58. The number of nitrogens with zero attached hydrogens (tertiary/aromatic N) is 2. The van der Waals surface area contributed by atoms with E-state index in [1.165, 1.54) is 6.07 Å². The van der Waals surface area contributed by atoms with Crippen LogP contribution in [-0.4, -0.2) is 11.9 Å². The van der Waals surface area contributed by atoms with Crippen LogP contribution in [0.2, 0.25) is 0 Å². The van der Waals surface area contributed by atoms with Crippen molar-refractivity contribution in [3.63, 3.8) is 0 Å². The smallest absolute Gasteiger partial charge is 0.319 e. The second-order valence-corrected chi connectivity index (χ2v) is 6.04. The number of carbonyl (C=O) groups is 2. The Morgan fingerprint density at radius 1 is 1.15 bits per heavy atom. The molecule has 5 nitrogen and oxygen atoms in total. The normalized spacial score (nSPS) is 19.7. The Bertz CT molecular complexity index is 951. The second-order valence-electron chi connectivity index (χ2n) is 6.04. The van der Waals surface area contributed by atoms with Crippen LogP contribution in [0, 0.1) is 11.3 Å². The number of nitrogens with one attached hydrogen (secondary N) is 1. The van der Waals surface area contributed by atoms with Crippen LogP contribution in [0.5, 0.6) is 0 Å². The summed E-state index contributed by atoms with van der Waals surface area (Å²) >= 11 is 0. The molecule has 1 fully saturated rings. The highest BCUT2D eigenvalue weighted by atomic mass is 19.4. The Labute approximate surface area is 153 Å². The molecule has 0 spiro atoms. The number of halogens is 3. The van der Waals surface area contributed by atoms with Crippen molar-refractivity contribution < 1.29 is 22.8 Å². The van der Waals surface area contributed by atoms with E-state index in [0.717, 1.165) is 12.1 Å². The zero-order valence-corrected chi connectivity index (χ0v) is 14.2. The van der Waals surface area contributed by atoms with Gasteiger partial charge < -0.3 is 5.32 Å². The summed E-state index contributed by atoms with van der Waals surface area (Å²) in [4.78, 5) is 26.3. The van der Waals surface area contributed by atoms with Gasteiger partial charge in [-0.2, -0.15) is 18.4 Å². The molecule has 3 rings (SSSR count). The number of urea groups is 1. The first kappa shape index (κ1) is 18.5. The van der Waals surface area contributed by atoms with Crippen molar-refractivity contribution in [3.8, 4) is 6.07 Å². The maximum atomic E-state index is 13.2. The lowest BCUT2D eigenvalue weighted by molar-refractivity contribution is -0.137. The van der Waals surface area contributed by atoms with E-state index in [9.17, 15) is 22.8 Å². The summed E-state index contributed by atoms with van der Waals surface area (Å²) in [5, 5.41) is 11.5. The Kier molecular flexibility index (Phi) is 4.39. The molecule has 2 aromatic carbocycles. The van der Waals surface area contributed by atoms with Crippen molar-refractivity contribution in [1.82, 2.24) is 5.32 Å². The zero-order valence-electron chi connectivity index (χ0n) is 14.2. The molecule has 8 heteroatoms. The van der Waals surface area contributed by atoms with Gasteiger partial charge >= 0.3 is 12.2 Å². The van der Waals surface area contributed by atoms with Crippen molar-refractivity contribution in [2.45, 2.75) is 25.1 Å². The third kappa shape index (κ3) is 2.91. The van der Waals surface area contributed by atoms with E-state index in [4.69, 9.17) is 5.26 Å². The SMILES string of the molecule is CCC1(c2ccccc2)NC(=O)N(c2ccc(C#N)c(C(F)(F)F)c2)C1=O. The van der Waals surface area contributed by atoms with Gasteiger partial charge in [-0.05, 0) is 30.2 Å². The molecule has 0 aromatic heterocycles. The van der Waals surface area contributed by atoms with Crippen molar-refractivity contribution in [1.29, 1.82) is 5.26 Å². The minimum Gasteiger partial charge on any atom is -0.319 e. The van der Waals surface area contributed by atoms with Crippen LogP contribution in [0.4, 0.5) is 23.7 Å². The highest BCUT2D eigenvalue weighted by Crippen LogP contribution is 2.38. The van der Waals surface area contributed by atoms with Gasteiger partial charge in [-0.25, -0.2) is 9.69 Å². The minimum absolute atomic E-state index is 0.223. The molecule has 0 bridgehead atoms. The van der Waals surface area contributed by atoms with Gasteiger partial charge in [0.25, 0.3) is 5.91 Å². The lowest BCUT2D eigenvalue weighted by Crippen LogP contribution is -2.43. The molecule has 1 saturated heterocycles. The quantitative estimate of drug-likeness (QED) is 0.829. The highest BCUT2D eigenvalue weighted by Gasteiger charge is 2.52. The van der Waals surface area contributed by atoms with Crippen LogP contribution in [0.15, 0.2) is 48.5 Å². The Balaban J connectivity index is 2.10. The van der Waals surface area contributed by atoms with Crippen LogP contribution in [0.3, 0.4) is 0 Å². The van der Waals surface area contributed by atoms with Crippen molar-refractivity contribution in [2.24, 2.45) is 0 Å². The fourth-order valence-corrected chi connectivity index (χ4v) is 3.17. The minimum atomic E-state index is -4.79. The van der Waals surface area contributed by atoms with E-state index in [-0.39, 0.29) is 12.1 Å². The first-order valence-electron chi connectivity index (χ1n) is 8.08. The molecule has 0 aliphatic carbocycles. The monoisotopic (exact) mass is 373 g/mol. The fourth-order valence-electron chi connectivity index (χ4n) is 3.17. The van der Waals surface area contributed by atoms with Crippen molar-refractivity contribution in [2.75, 3.05) is 4.90 Å². The van der Waals surface area contributed by atoms with Crippen molar-refractivity contribution >= 4 is 17.6 Å². The molecule has 0 saturated carbocycles. The van der Waals surface area contributed by atoms with E-state index in [1.54, 1.807) is 37.3 Å². The summed E-state index contributed by atoms with van der Waals surface area (Å²) < 4.78 is 39.7. The van der Waals surface area contributed by atoms with Gasteiger partial charge in [0.2, 0.25) is 0 Å². The molecule has 1 atom stereocenters. The topological polar surface area (TPSA) is 73.2 Å². The number of imide groups is 1. The van der Waals surface area contributed by atoms with Gasteiger partial charge in [0, 0.05) is 0 Å². The number of nitriles is 1. The molecular weight excluding hydrogens is 359 g/mol. The number of anilines is 1. The van der Waals surface area contributed by atoms with Crippen LogP contribution in [0.1, 0.15) is 30.0 Å². The maximum absolute atomic E-state index is 13.2. The first-order chi connectivity index (χ1) is 12.7. The Morgan fingerprint density at radius 2 is 1.81 bits per heavy atom. The van der Waals surface area contributed by atoms with E-state index in [2.05, 4.69) is 5.32 Å². The van der Waals surface area contributed by atoms with E-state index < -0.39 is 34.8 Å². The van der Waals surface area contributed by atoms with Gasteiger partial charge in [-0.1, -0.05) is 37.3 Å². The lowest BCUT2D eigenvalue weighted by Gasteiger charge is -2.25. The molecule has 1 aliphatic heterocycles. The molecular formula is C19H14F3N3O2. The molecule has 0 radical (unpaired) electrons. The zero-order chi connectivity index (χ0) is 19.8. The van der Waals surface area contributed by atoms with Crippen LogP contribution in [-0.2, 0) is 16.5 Å². The Morgan fingerprint density at radius 3 is 2.37 bits per heavy atom. The number of amides is 3. The number of carbonyl (C=O) groups excluding carboxylic acids is 2. The number of rotatable bonds is 3. The second kappa shape index (κ2) is 6.43. The molecule has 2 aromatic rings. The number of hydrogen-bond acceptors (Lipinski definition) is 3. The van der Waals surface area contributed by atoms with E-state index >= 15 is 0 Å². The fraction of sp³-hybridized carbons (Fsp3) is 0.211. The summed E-state index contributed by atoms with van der Waals surface area (Å²) in [6.07, 6.45) is -4.57. The number of benzene rings is 2. The molecule has 27 heavy (non-hydrogen) atoms. The van der Waals surface area contributed by atoms with Crippen LogP contribution in [0.25, 0.3) is 0 Å². The van der Waals surface area contributed by atoms with Crippen LogP contribution < -0.4 is 10.2 Å². The predicted molar refractivity (Wildman–Crippen MR) is 90.6 cm³/mol. The molecule has 1 heterocycles. The average molecular weight is 373 g/mol. The van der Waals surface area contributed by atoms with Gasteiger partial charge in [0.1, 0.15) is 5.54 Å². The molecule has 1 aliphatic rings. The third-order valence-corrected chi connectivity index (χ3v) is 4.58.